The smallest absolute Gasteiger partial charge is 0.248 e. The lowest BCUT2D eigenvalue weighted by Crippen LogP contribution is -2.45. The van der Waals surface area contributed by atoms with Gasteiger partial charge in [0.15, 0.2) is 5.82 Å². The molecular formula is C18H23N3O3. The number of amides is 2. The summed E-state index contributed by atoms with van der Waals surface area (Å²) in [6.07, 6.45) is 0.787. The Morgan fingerprint density at radius 3 is 2.50 bits per heavy atom. The van der Waals surface area contributed by atoms with Crippen LogP contribution < -0.4 is 10.6 Å². The molecule has 24 heavy (non-hydrogen) atoms. The van der Waals surface area contributed by atoms with Crippen LogP contribution in [0.15, 0.2) is 40.9 Å². The van der Waals surface area contributed by atoms with Crippen LogP contribution >= 0.6 is 0 Å². The van der Waals surface area contributed by atoms with Gasteiger partial charge in [-0.15, -0.1) is 0 Å². The molecule has 1 atom stereocenters. The minimum absolute atomic E-state index is 0.141. The van der Waals surface area contributed by atoms with Crippen molar-refractivity contribution in [2.45, 2.75) is 39.7 Å². The Morgan fingerprint density at radius 2 is 1.92 bits per heavy atom. The lowest BCUT2D eigenvalue weighted by Gasteiger charge is -2.18. The third kappa shape index (κ3) is 5.53. The molecule has 1 unspecified atom stereocenters. The largest absolute Gasteiger partial charge is 0.360 e. The summed E-state index contributed by atoms with van der Waals surface area (Å²) in [7, 11) is 0. The first kappa shape index (κ1) is 17.7. The predicted molar refractivity (Wildman–Crippen MR) is 91.4 cm³/mol. The third-order valence-corrected chi connectivity index (χ3v) is 3.41. The number of hydrogen-bond acceptors (Lipinski definition) is 4. The second-order valence-corrected chi connectivity index (χ2v) is 6.22. The Hall–Kier alpha value is -2.63. The molecular weight excluding hydrogens is 306 g/mol. The highest BCUT2D eigenvalue weighted by Gasteiger charge is 2.22. The van der Waals surface area contributed by atoms with E-state index in [9.17, 15) is 9.59 Å². The maximum Gasteiger partial charge on any atom is 0.248 e. The Labute approximate surface area is 141 Å². The van der Waals surface area contributed by atoms with E-state index in [1.165, 1.54) is 0 Å². The molecule has 0 spiro atoms. The van der Waals surface area contributed by atoms with Gasteiger partial charge < -0.3 is 15.2 Å². The van der Waals surface area contributed by atoms with Gasteiger partial charge in [-0.2, -0.15) is 0 Å². The molecule has 1 heterocycles. The van der Waals surface area contributed by atoms with E-state index in [1.807, 2.05) is 44.2 Å². The van der Waals surface area contributed by atoms with Gasteiger partial charge in [-0.1, -0.05) is 49.3 Å². The highest BCUT2D eigenvalue weighted by Crippen LogP contribution is 2.10. The molecule has 2 aromatic rings. The summed E-state index contributed by atoms with van der Waals surface area (Å²) in [5, 5.41) is 9.25. The first-order chi connectivity index (χ1) is 11.4. The van der Waals surface area contributed by atoms with Crippen LogP contribution in [0.2, 0.25) is 0 Å². The number of aryl methyl sites for hydroxylation is 1. The van der Waals surface area contributed by atoms with Crippen molar-refractivity contribution in [2.24, 2.45) is 5.92 Å². The van der Waals surface area contributed by atoms with E-state index in [2.05, 4.69) is 15.8 Å². The lowest BCUT2D eigenvalue weighted by molar-refractivity contribution is -0.127. The average Bonchev–Trinajstić information content (AvgIpc) is 2.92. The Morgan fingerprint density at radius 1 is 1.21 bits per heavy atom. The van der Waals surface area contributed by atoms with Crippen LogP contribution in [0.5, 0.6) is 0 Å². The SMILES string of the molecule is Cc1cc(NC(=O)C(Cc2ccccc2)NC(=O)CC(C)C)no1. The van der Waals surface area contributed by atoms with Crippen molar-refractivity contribution >= 4 is 17.6 Å². The van der Waals surface area contributed by atoms with Gasteiger partial charge in [0.25, 0.3) is 0 Å². The zero-order valence-electron chi connectivity index (χ0n) is 14.2. The second kappa shape index (κ2) is 8.29. The van der Waals surface area contributed by atoms with E-state index >= 15 is 0 Å². The summed E-state index contributed by atoms with van der Waals surface area (Å²) >= 11 is 0. The van der Waals surface area contributed by atoms with E-state index in [1.54, 1.807) is 13.0 Å². The van der Waals surface area contributed by atoms with Crippen molar-refractivity contribution in [3.05, 3.63) is 47.7 Å². The number of benzene rings is 1. The number of carbonyl (C=O) groups is 2. The molecule has 0 aliphatic rings. The van der Waals surface area contributed by atoms with Crippen molar-refractivity contribution in [1.82, 2.24) is 10.5 Å². The van der Waals surface area contributed by atoms with Crippen LogP contribution in [0.1, 0.15) is 31.6 Å². The van der Waals surface area contributed by atoms with Gasteiger partial charge in [0, 0.05) is 18.9 Å². The van der Waals surface area contributed by atoms with E-state index < -0.39 is 6.04 Å². The van der Waals surface area contributed by atoms with Gasteiger partial charge >= 0.3 is 0 Å². The highest BCUT2D eigenvalue weighted by molar-refractivity contribution is 5.96. The van der Waals surface area contributed by atoms with Gasteiger partial charge in [-0.3, -0.25) is 9.59 Å². The van der Waals surface area contributed by atoms with Crippen LogP contribution in [0, 0.1) is 12.8 Å². The summed E-state index contributed by atoms with van der Waals surface area (Å²) in [5.41, 5.74) is 0.971. The van der Waals surface area contributed by atoms with Gasteiger partial charge in [0.1, 0.15) is 11.8 Å². The first-order valence-electron chi connectivity index (χ1n) is 8.01. The first-order valence-corrected chi connectivity index (χ1v) is 8.01. The van der Waals surface area contributed by atoms with Crippen molar-refractivity contribution < 1.29 is 14.1 Å². The van der Waals surface area contributed by atoms with Crippen molar-refractivity contribution in [3.8, 4) is 0 Å². The van der Waals surface area contributed by atoms with Crippen LogP contribution in [0.4, 0.5) is 5.82 Å². The number of rotatable bonds is 7. The highest BCUT2D eigenvalue weighted by atomic mass is 16.5. The predicted octanol–water partition coefficient (Wildman–Crippen LogP) is 2.70. The van der Waals surface area contributed by atoms with Crippen molar-refractivity contribution in [1.29, 1.82) is 0 Å². The van der Waals surface area contributed by atoms with Crippen LogP contribution in [-0.2, 0) is 16.0 Å². The van der Waals surface area contributed by atoms with Gasteiger partial charge in [0.2, 0.25) is 11.8 Å². The molecule has 6 nitrogen and oxygen atoms in total. The van der Waals surface area contributed by atoms with Gasteiger partial charge in [0.05, 0.1) is 0 Å². The molecule has 1 aromatic carbocycles. The molecule has 1 aromatic heterocycles. The molecule has 0 saturated heterocycles. The quantitative estimate of drug-likeness (QED) is 0.818. The molecule has 0 aliphatic carbocycles. The molecule has 0 aliphatic heterocycles. The number of hydrogen-bond donors (Lipinski definition) is 2. The topological polar surface area (TPSA) is 84.2 Å². The third-order valence-electron chi connectivity index (χ3n) is 3.41. The minimum atomic E-state index is -0.671. The fraction of sp³-hybridized carbons (Fsp3) is 0.389. The van der Waals surface area contributed by atoms with Crippen LogP contribution in [0.25, 0.3) is 0 Å². The monoisotopic (exact) mass is 329 g/mol. The zero-order valence-corrected chi connectivity index (χ0v) is 14.2. The Bertz CT molecular complexity index is 680. The molecule has 0 radical (unpaired) electrons. The molecule has 128 valence electrons. The average molecular weight is 329 g/mol. The minimum Gasteiger partial charge on any atom is -0.360 e. The normalized spacial score (nSPS) is 12.0. The summed E-state index contributed by atoms with van der Waals surface area (Å²) in [6.45, 7) is 5.67. The van der Waals surface area contributed by atoms with E-state index in [0.29, 0.717) is 24.4 Å². The lowest BCUT2D eigenvalue weighted by atomic mass is 10.0. The van der Waals surface area contributed by atoms with E-state index in [0.717, 1.165) is 5.56 Å². The Kier molecular flexibility index (Phi) is 6.12. The molecule has 2 N–H and O–H groups in total. The fourth-order valence-electron chi connectivity index (χ4n) is 2.32. The fourth-order valence-corrected chi connectivity index (χ4v) is 2.32. The standard InChI is InChI=1S/C18H23N3O3/c1-12(2)9-17(22)19-15(11-14-7-5-4-6-8-14)18(23)20-16-10-13(3)24-21-16/h4-8,10,12,15H,9,11H2,1-3H3,(H,19,22)(H,20,21,23). The molecule has 0 fully saturated rings. The number of nitrogens with zero attached hydrogens (tertiary/aromatic N) is 1. The maximum absolute atomic E-state index is 12.5. The number of carbonyl (C=O) groups excluding carboxylic acids is 2. The van der Waals surface area contributed by atoms with Crippen molar-refractivity contribution in [3.63, 3.8) is 0 Å². The number of anilines is 1. The van der Waals surface area contributed by atoms with Crippen LogP contribution in [0.3, 0.4) is 0 Å². The Balaban J connectivity index is 2.08. The molecule has 0 bridgehead atoms. The molecule has 2 rings (SSSR count). The summed E-state index contributed by atoms with van der Waals surface area (Å²) in [6, 6.07) is 10.5. The number of nitrogens with one attached hydrogen (secondary N) is 2. The summed E-state index contributed by atoms with van der Waals surface area (Å²) < 4.78 is 4.95. The van der Waals surface area contributed by atoms with E-state index in [4.69, 9.17) is 4.52 Å². The van der Waals surface area contributed by atoms with E-state index in [-0.39, 0.29) is 17.7 Å². The van der Waals surface area contributed by atoms with Crippen LogP contribution in [-0.4, -0.2) is 23.0 Å². The molecule has 2 amide bonds. The maximum atomic E-state index is 12.5. The van der Waals surface area contributed by atoms with Crippen molar-refractivity contribution in [2.75, 3.05) is 5.32 Å². The summed E-state index contributed by atoms with van der Waals surface area (Å²) in [4.78, 5) is 24.6. The molecule has 0 saturated carbocycles. The second-order valence-electron chi connectivity index (χ2n) is 6.22. The van der Waals surface area contributed by atoms with Gasteiger partial charge in [-0.25, -0.2) is 0 Å². The number of aromatic nitrogens is 1. The zero-order chi connectivity index (χ0) is 17.5. The van der Waals surface area contributed by atoms with Gasteiger partial charge in [-0.05, 0) is 18.4 Å². The molecule has 6 heteroatoms. The summed E-state index contributed by atoms with van der Waals surface area (Å²) in [5.74, 6) is 0.715.